The quantitative estimate of drug-likeness (QED) is 0.519. The van der Waals surface area contributed by atoms with Crippen molar-refractivity contribution in [3.8, 4) is 17.6 Å². The molecule has 24 heavy (non-hydrogen) atoms. The van der Waals surface area contributed by atoms with Gasteiger partial charge in [-0.05, 0) is 61.4 Å². The summed E-state index contributed by atoms with van der Waals surface area (Å²) in [6.07, 6.45) is 5.87. The van der Waals surface area contributed by atoms with E-state index in [4.69, 9.17) is 4.74 Å². The van der Waals surface area contributed by atoms with Gasteiger partial charge in [0.15, 0.2) is 0 Å². The number of rotatable bonds is 7. The van der Waals surface area contributed by atoms with Crippen molar-refractivity contribution < 1.29 is 4.74 Å². The fraction of sp³-hybridized carbons (Fsp3) is 0.318. The van der Waals surface area contributed by atoms with Crippen molar-refractivity contribution in [3.05, 3.63) is 71.6 Å². The molecular formula is C22H25NO. The number of pyridine rings is 1. The van der Waals surface area contributed by atoms with Crippen LogP contribution in [0.5, 0.6) is 5.75 Å². The Morgan fingerprint density at radius 1 is 1.08 bits per heavy atom. The van der Waals surface area contributed by atoms with Crippen molar-refractivity contribution in [1.29, 1.82) is 0 Å². The maximum atomic E-state index is 5.52. The Bertz CT molecular complexity index is 702. The van der Waals surface area contributed by atoms with Gasteiger partial charge in [0.2, 0.25) is 0 Å². The van der Waals surface area contributed by atoms with E-state index < -0.39 is 0 Å². The van der Waals surface area contributed by atoms with Crippen LogP contribution in [0.1, 0.15) is 49.9 Å². The van der Waals surface area contributed by atoms with Gasteiger partial charge >= 0.3 is 0 Å². The zero-order valence-electron chi connectivity index (χ0n) is 14.6. The van der Waals surface area contributed by atoms with Gasteiger partial charge in [-0.3, -0.25) is 0 Å². The molecule has 0 amide bonds. The first-order valence-corrected chi connectivity index (χ1v) is 8.57. The minimum atomic E-state index is 0.713. The lowest BCUT2D eigenvalue weighted by Gasteiger charge is -2.03. The van der Waals surface area contributed by atoms with Crippen molar-refractivity contribution in [3.63, 3.8) is 0 Å². The van der Waals surface area contributed by atoms with Gasteiger partial charge in [0.05, 0.1) is 12.8 Å². The smallest absolute Gasteiger partial charge is 0.137 e. The maximum Gasteiger partial charge on any atom is 0.137 e. The summed E-state index contributed by atoms with van der Waals surface area (Å²) in [6.45, 7) is 9.00. The van der Waals surface area contributed by atoms with Crippen molar-refractivity contribution in [2.75, 3.05) is 6.61 Å². The lowest BCUT2D eigenvalue weighted by molar-refractivity contribution is 0.316. The van der Waals surface area contributed by atoms with Gasteiger partial charge in [-0.1, -0.05) is 44.1 Å². The molecule has 0 atom stereocenters. The highest BCUT2D eigenvalue weighted by molar-refractivity contribution is 5.41. The topological polar surface area (TPSA) is 22.1 Å². The Kier molecular flexibility index (Phi) is 7.11. The number of allylic oxidation sites excluding steroid dienone is 1. The molecule has 2 aromatic rings. The first kappa shape index (κ1) is 17.8. The van der Waals surface area contributed by atoms with Gasteiger partial charge < -0.3 is 4.74 Å². The highest BCUT2D eigenvalue weighted by Crippen LogP contribution is 2.12. The predicted molar refractivity (Wildman–Crippen MR) is 100 cm³/mol. The van der Waals surface area contributed by atoms with E-state index >= 15 is 0 Å². The first-order chi connectivity index (χ1) is 11.7. The Morgan fingerprint density at radius 2 is 1.88 bits per heavy atom. The van der Waals surface area contributed by atoms with Crippen LogP contribution in [0.2, 0.25) is 0 Å². The van der Waals surface area contributed by atoms with Gasteiger partial charge in [-0.2, -0.15) is 0 Å². The van der Waals surface area contributed by atoms with Crippen molar-refractivity contribution in [2.24, 2.45) is 0 Å². The molecule has 1 heterocycles. The molecule has 124 valence electrons. The van der Waals surface area contributed by atoms with Crippen LogP contribution in [0.25, 0.3) is 0 Å². The third kappa shape index (κ3) is 5.93. The standard InChI is InChI=1S/C22H25NO/c1-4-16-24-22-15-14-21(23-17-22)13-12-20-10-8-19(9-11-20)7-6-18(3)5-2/h8-11,14-15,17H,3-7,16H2,1-2H3. The molecule has 1 aromatic carbocycles. The number of benzene rings is 1. The van der Waals surface area contributed by atoms with E-state index in [1.54, 1.807) is 6.20 Å². The second-order valence-electron chi connectivity index (χ2n) is 5.78. The molecule has 0 fully saturated rings. The Labute approximate surface area is 145 Å². The van der Waals surface area contributed by atoms with E-state index in [1.807, 2.05) is 12.1 Å². The Balaban J connectivity index is 1.94. The molecule has 2 rings (SSSR count). The Morgan fingerprint density at radius 3 is 2.50 bits per heavy atom. The van der Waals surface area contributed by atoms with E-state index in [0.29, 0.717) is 6.61 Å². The number of ether oxygens (including phenoxy) is 1. The molecule has 2 nitrogen and oxygen atoms in total. The third-order valence-corrected chi connectivity index (χ3v) is 3.77. The molecule has 0 unspecified atom stereocenters. The third-order valence-electron chi connectivity index (χ3n) is 3.77. The van der Waals surface area contributed by atoms with Gasteiger partial charge in [-0.15, -0.1) is 0 Å². The molecule has 0 aliphatic heterocycles. The second-order valence-corrected chi connectivity index (χ2v) is 5.78. The number of hydrogen-bond acceptors (Lipinski definition) is 2. The van der Waals surface area contributed by atoms with Crippen molar-refractivity contribution in [1.82, 2.24) is 4.98 Å². The average molecular weight is 319 g/mol. The van der Waals surface area contributed by atoms with Gasteiger partial charge in [0.1, 0.15) is 11.4 Å². The van der Waals surface area contributed by atoms with Gasteiger partial charge in [-0.25, -0.2) is 4.98 Å². The summed E-state index contributed by atoms with van der Waals surface area (Å²) in [5.74, 6) is 7.04. The number of aryl methyl sites for hydroxylation is 1. The molecule has 0 spiro atoms. The number of hydrogen-bond donors (Lipinski definition) is 0. The largest absolute Gasteiger partial charge is 0.492 e. The summed E-state index contributed by atoms with van der Waals surface area (Å²) in [5.41, 5.74) is 4.38. The molecular weight excluding hydrogens is 294 g/mol. The molecule has 0 radical (unpaired) electrons. The fourth-order valence-corrected chi connectivity index (χ4v) is 2.15. The van der Waals surface area contributed by atoms with Crippen LogP contribution in [0.15, 0.2) is 54.7 Å². The molecule has 2 heteroatoms. The lowest BCUT2D eigenvalue weighted by Crippen LogP contribution is -1.95. The minimum Gasteiger partial charge on any atom is -0.492 e. The van der Waals surface area contributed by atoms with Crippen LogP contribution in [-0.4, -0.2) is 11.6 Å². The summed E-state index contributed by atoms with van der Waals surface area (Å²) in [5, 5.41) is 0. The van der Waals surface area contributed by atoms with E-state index in [9.17, 15) is 0 Å². The summed E-state index contributed by atoms with van der Waals surface area (Å²) in [7, 11) is 0. The molecule has 0 saturated carbocycles. The first-order valence-electron chi connectivity index (χ1n) is 8.57. The molecule has 0 aliphatic carbocycles. The van der Waals surface area contributed by atoms with Gasteiger partial charge in [0, 0.05) is 5.56 Å². The molecule has 0 bridgehead atoms. The van der Waals surface area contributed by atoms with E-state index in [0.717, 1.165) is 42.7 Å². The molecule has 0 aliphatic rings. The van der Waals surface area contributed by atoms with Crippen LogP contribution in [-0.2, 0) is 6.42 Å². The summed E-state index contributed by atoms with van der Waals surface area (Å²) >= 11 is 0. The van der Waals surface area contributed by atoms with Crippen molar-refractivity contribution in [2.45, 2.75) is 39.5 Å². The van der Waals surface area contributed by atoms with E-state index in [1.165, 1.54) is 11.1 Å². The predicted octanol–water partition coefficient (Wildman–Crippen LogP) is 5.17. The SMILES string of the molecule is C=C(CC)CCc1ccc(C#Cc2ccc(OCCC)cn2)cc1. The van der Waals surface area contributed by atoms with Crippen LogP contribution in [0.4, 0.5) is 0 Å². The minimum absolute atomic E-state index is 0.713. The Hall–Kier alpha value is -2.53. The van der Waals surface area contributed by atoms with Crippen LogP contribution >= 0.6 is 0 Å². The van der Waals surface area contributed by atoms with Crippen LogP contribution < -0.4 is 4.74 Å². The normalized spacial score (nSPS) is 9.92. The van der Waals surface area contributed by atoms with E-state index in [-0.39, 0.29) is 0 Å². The maximum absolute atomic E-state index is 5.52. The second kappa shape index (κ2) is 9.57. The summed E-state index contributed by atoms with van der Waals surface area (Å²) in [6, 6.07) is 12.2. The summed E-state index contributed by atoms with van der Waals surface area (Å²) in [4.78, 5) is 4.31. The zero-order valence-corrected chi connectivity index (χ0v) is 14.6. The van der Waals surface area contributed by atoms with Gasteiger partial charge in [0.25, 0.3) is 0 Å². The number of aromatic nitrogens is 1. The monoisotopic (exact) mass is 319 g/mol. The number of nitrogens with zero attached hydrogens (tertiary/aromatic N) is 1. The molecule has 0 N–H and O–H groups in total. The molecule has 0 saturated heterocycles. The van der Waals surface area contributed by atoms with E-state index in [2.05, 4.69) is 61.5 Å². The summed E-state index contributed by atoms with van der Waals surface area (Å²) < 4.78 is 5.52. The lowest BCUT2D eigenvalue weighted by atomic mass is 10.0. The van der Waals surface area contributed by atoms with Crippen LogP contribution in [0, 0.1) is 11.8 Å². The van der Waals surface area contributed by atoms with Crippen molar-refractivity contribution >= 4 is 0 Å². The highest BCUT2D eigenvalue weighted by Gasteiger charge is 1.96. The van der Waals surface area contributed by atoms with Crippen LogP contribution in [0.3, 0.4) is 0 Å². The average Bonchev–Trinajstić information content (AvgIpc) is 2.64. The fourth-order valence-electron chi connectivity index (χ4n) is 2.15. The molecule has 1 aromatic heterocycles. The zero-order chi connectivity index (χ0) is 17.2. The highest BCUT2D eigenvalue weighted by atomic mass is 16.5.